The molecule has 30 heavy (non-hydrogen) atoms. The first-order chi connectivity index (χ1) is 14.1. The number of nitrogens with one attached hydrogen (secondary N) is 1. The maximum absolute atomic E-state index is 13.6. The number of H-pyrrole nitrogens is 1. The Morgan fingerprint density at radius 2 is 1.93 bits per heavy atom. The maximum atomic E-state index is 13.6. The second kappa shape index (κ2) is 7.20. The Labute approximate surface area is 168 Å². The lowest BCUT2D eigenvalue weighted by Gasteiger charge is -2.24. The number of pyridine rings is 1. The van der Waals surface area contributed by atoms with Gasteiger partial charge in [-0.25, -0.2) is 17.8 Å². The van der Waals surface area contributed by atoms with E-state index < -0.39 is 39.4 Å². The number of halogens is 4. The van der Waals surface area contributed by atoms with Gasteiger partial charge in [-0.1, -0.05) is 12.1 Å². The summed E-state index contributed by atoms with van der Waals surface area (Å²) in [5.74, 6) is -1.15. The van der Waals surface area contributed by atoms with E-state index in [1.807, 2.05) is 0 Å². The molecule has 160 valence electrons. The Morgan fingerprint density at radius 3 is 2.60 bits per heavy atom. The van der Waals surface area contributed by atoms with Crippen LogP contribution >= 0.6 is 0 Å². The molecular weight excluding hydrogens is 426 g/mol. The Morgan fingerprint density at radius 1 is 1.23 bits per heavy atom. The van der Waals surface area contributed by atoms with E-state index in [1.54, 1.807) is 0 Å². The number of hydrogen-bond donors (Lipinski definition) is 2. The van der Waals surface area contributed by atoms with Gasteiger partial charge in [0.25, 0.3) is 0 Å². The number of rotatable bonds is 4. The zero-order valence-electron chi connectivity index (χ0n) is 15.4. The molecule has 3 aromatic rings. The number of nitrogens with zero attached hydrogens (tertiary/aromatic N) is 3. The van der Waals surface area contributed by atoms with Crippen LogP contribution in [-0.2, 0) is 22.0 Å². The van der Waals surface area contributed by atoms with E-state index in [9.17, 15) is 26.0 Å². The lowest BCUT2D eigenvalue weighted by Crippen LogP contribution is -2.32. The minimum atomic E-state index is -4.72. The van der Waals surface area contributed by atoms with Crippen LogP contribution in [0.1, 0.15) is 35.7 Å². The van der Waals surface area contributed by atoms with Crippen molar-refractivity contribution >= 4 is 26.9 Å². The first-order valence-corrected chi connectivity index (χ1v) is 10.6. The predicted octanol–water partition coefficient (Wildman–Crippen LogP) is 3.36. The van der Waals surface area contributed by atoms with Crippen LogP contribution in [0.4, 0.5) is 23.4 Å². The number of alkyl halides is 3. The zero-order chi connectivity index (χ0) is 21.7. The number of hydrogen-bond acceptors (Lipinski definition) is 5. The zero-order valence-corrected chi connectivity index (χ0v) is 16.3. The molecule has 2 aromatic heterocycles. The van der Waals surface area contributed by atoms with Crippen LogP contribution in [0.3, 0.4) is 0 Å². The Bertz CT molecular complexity index is 1190. The number of nitrogen functional groups attached to an aromatic ring is 1. The van der Waals surface area contributed by atoms with Crippen molar-refractivity contribution in [2.75, 3.05) is 12.3 Å². The molecule has 1 aliphatic rings. The molecule has 7 nitrogen and oxygen atoms in total. The maximum Gasteiger partial charge on any atom is 0.417 e. The van der Waals surface area contributed by atoms with E-state index in [-0.39, 0.29) is 29.1 Å². The van der Waals surface area contributed by atoms with Crippen LogP contribution in [-0.4, -0.2) is 34.4 Å². The minimum absolute atomic E-state index is 0.0403. The first-order valence-electron chi connectivity index (χ1n) is 9.02. The van der Waals surface area contributed by atoms with Crippen molar-refractivity contribution in [2.45, 2.75) is 30.8 Å². The SMILES string of the molecule is Nc1[nH]nc2nc([C@@H]3CCCN3S(=O)(=O)Cc3ccc(F)cc3)cc(C(F)(F)F)c12. The molecule has 0 spiro atoms. The number of benzene rings is 1. The fourth-order valence-corrected chi connectivity index (χ4v) is 5.49. The molecule has 0 radical (unpaired) electrons. The summed E-state index contributed by atoms with van der Waals surface area (Å²) in [6.45, 7) is 0.151. The summed E-state index contributed by atoms with van der Waals surface area (Å²) in [5, 5.41) is 5.67. The third-order valence-corrected chi connectivity index (χ3v) is 6.89. The molecule has 1 atom stereocenters. The van der Waals surface area contributed by atoms with Gasteiger partial charge in [-0.3, -0.25) is 5.10 Å². The van der Waals surface area contributed by atoms with Crippen molar-refractivity contribution < 1.29 is 26.0 Å². The quantitative estimate of drug-likeness (QED) is 0.602. The Hall–Kier alpha value is -2.73. The standard InChI is InChI=1S/C18H17F4N5O2S/c19-11-5-3-10(4-6-11)9-30(28,29)27-7-1-2-14(27)13-8-12(18(20,21)22)15-16(23)25-26-17(15)24-13/h3-6,8,14H,1-2,7,9H2,(H3,23,24,25,26)/t14-/m0/s1. The second-order valence-electron chi connectivity index (χ2n) is 7.08. The smallest absolute Gasteiger partial charge is 0.383 e. The van der Waals surface area contributed by atoms with E-state index in [4.69, 9.17) is 5.73 Å². The van der Waals surface area contributed by atoms with Crippen molar-refractivity contribution in [2.24, 2.45) is 0 Å². The van der Waals surface area contributed by atoms with Crippen molar-refractivity contribution in [3.63, 3.8) is 0 Å². The van der Waals surface area contributed by atoms with Crippen LogP contribution in [0, 0.1) is 5.82 Å². The summed E-state index contributed by atoms with van der Waals surface area (Å²) < 4.78 is 81.0. The van der Waals surface area contributed by atoms with Crippen LogP contribution < -0.4 is 5.73 Å². The normalized spacial score (nSPS) is 18.3. The molecule has 0 unspecified atom stereocenters. The highest BCUT2D eigenvalue weighted by atomic mass is 32.2. The molecule has 0 aliphatic carbocycles. The number of aromatic amines is 1. The Kier molecular flexibility index (Phi) is 4.93. The highest BCUT2D eigenvalue weighted by Gasteiger charge is 2.40. The highest BCUT2D eigenvalue weighted by molar-refractivity contribution is 7.88. The molecule has 0 bridgehead atoms. The lowest BCUT2D eigenvalue weighted by molar-refractivity contribution is -0.136. The molecule has 1 aliphatic heterocycles. The first kappa shape index (κ1) is 20.5. The van der Waals surface area contributed by atoms with Gasteiger partial charge in [0.05, 0.1) is 28.4 Å². The summed E-state index contributed by atoms with van der Waals surface area (Å²) >= 11 is 0. The molecule has 1 aromatic carbocycles. The van der Waals surface area contributed by atoms with Gasteiger partial charge in [0.2, 0.25) is 10.0 Å². The average molecular weight is 443 g/mol. The second-order valence-corrected chi connectivity index (χ2v) is 9.00. The Balaban J connectivity index is 1.73. The lowest BCUT2D eigenvalue weighted by atomic mass is 10.1. The molecule has 1 saturated heterocycles. The van der Waals surface area contributed by atoms with Gasteiger partial charge in [-0.15, -0.1) is 0 Å². The number of sulfonamides is 1. The molecule has 12 heteroatoms. The molecule has 1 fully saturated rings. The molecule has 3 heterocycles. The predicted molar refractivity (Wildman–Crippen MR) is 101 cm³/mol. The van der Waals surface area contributed by atoms with Gasteiger partial charge in [-0.2, -0.15) is 22.6 Å². The van der Waals surface area contributed by atoms with Crippen LogP contribution in [0.5, 0.6) is 0 Å². The van der Waals surface area contributed by atoms with E-state index in [1.165, 1.54) is 12.1 Å². The van der Waals surface area contributed by atoms with Crippen molar-refractivity contribution in [3.05, 3.63) is 53.0 Å². The van der Waals surface area contributed by atoms with Crippen LogP contribution in [0.2, 0.25) is 0 Å². The third-order valence-electron chi connectivity index (χ3n) is 5.04. The summed E-state index contributed by atoms with van der Waals surface area (Å²) in [5.41, 5.74) is 4.68. The minimum Gasteiger partial charge on any atom is -0.383 e. The van der Waals surface area contributed by atoms with Gasteiger partial charge in [0.1, 0.15) is 11.6 Å². The third kappa shape index (κ3) is 3.72. The van der Waals surface area contributed by atoms with Gasteiger partial charge in [0.15, 0.2) is 5.65 Å². The van der Waals surface area contributed by atoms with E-state index >= 15 is 0 Å². The van der Waals surface area contributed by atoms with Crippen LogP contribution in [0.15, 0.2) is 30.3 Å². The van der Waals surface area contributed by atoms with Crippen molar-refractivity contribution in [1.82, 2.24) is 19.5 Å². The molecule has 4 rings (SSSR count). The van der Waals surface area contributed by atoms with E-state index in [0.717, 1.165) is 22.5 Å². The van der Waals surface area contributed by atoms with Crippen molar-refractivity contribution in [1.29, 1.82) is 0 Å². The van der Waals surface area contributed by atoms with Gasteiger partial charge in [0, 0.05) is 6.54 Å². The number of fused-ring (bicyclic) bond motifs is 1. The highest BCUT2D eigenvalue weighted by Crippen LogP contribution is 2.40. The number of aromatic nitrogens is 3. The van der Waals surface area contributed by atoms with E-state index in [0.29, 0.717) is 18.4 Å². The monoisotopic (exact) mass is 443 g/mol. The fourth-order valence-electron chi connectivity index (χ4n) is 3.70. The fraction of sp³-hybridized carbons (Fsp3) is 0.333. The van der Waals surface area contributed by atoms with Gasteiger partial charge < -0.3 is 5.73 Å². The topological polar surface area (TPSA) is 105 Å². The van der Waals surface area contributed by atoms with Crippen LogP contribution in [0.25, 0.3) is 11.0 Å². The van der Waals surface area contributed by atoms with Gasteiger partial charge in [-0.05, 0) is 36.6 Å². The largest absolute Gasteiger partial charge is 0.417 e. The number of nitrogens with two attached hydrogens (primary N) is 1. The summed E-state index contributed by atoms with van der Waals surface area (Å²) in [4.78, 5) is 4.16. The van der Waals surface area contributed by atoms with E-state index in [2.05, 4.69) is 15.2 Å². The average Bonchev–Trinajstić information content (AvgIpc) is 3.30. The summed E-state index contributed by atoms with van der Waals surface area (Å²) in [6, 6.07) is 5.00. The molecular formula is C18H17F4N5O2S. The molecule has 0 saturated carbocycles. The number of anilines is 1. The van der Waals surface area contributed by atoms with Crippen molar-refractivity contribution in [3.8, 4) is 0 Å². The summed E-state index contributed by atoms with van der Waals surface area (Å²) in [7, 11) is -3.88. The molecule has 0 amide bonds. The molecule has 3 N–H and O–H groups in total. The summed E-state index contributed by atoms with van der Waals surface area (Å²) in [6.07, 6.45) is -3.93. The van der Waals surface area contributed by atoms with Gasteiger partial charge >= 0.3 is 6.18 Å².